The van der Waals surface area contributed by atoms with Gasteiger partial charge in [-0.15, -0.1) is 0 Å². The van der Waals surface area contributed by atoms with E-state index in [-0.39, 0.29) is 6.54 Å². The zero-order valence-corrected chi connectivity index (χ0v) is 12.4. The Hall–Kier alpha value is -1.57. The number of carbonyl (C=O) groups excluding carboxylic acids is 1. The summed E-state index contributed by atoms with van der Waals surface area (Å²) in [6.45, 7) is 6.74. The molecule has 0 aliphatic carbocycles. The molecule has 0 aromatic rings. The van der Waals surface area contributed by atoms with Crippen LogP contribution in [-0.4, -0.2) is 48.9 Å². The van der Waals surface area contributed by atoms with Gasteiger partial charge in [-0.25, -0.2) is 0 Å². The highest BCUT2D eigenvalue weighted by molar-refractivity contribution is 6.42. The maximum atomic E-state index is 12.2. The molecule has 1 amide bonds. The Kier molecular flexibility index (Phi) is 8.68. The van der Waals surface area contributed by atoms with E-state index in [1.165, 1.54) is 0 Å². The van der Waals surface area contributed by atoms with Crippen molar-refractivity contribution in [1.29, 1.82) is 5.41 Å². The van der Waals surface area contributed by atoms with Gasteiger partial charge in [-0.3, -0.25) is 10.2 Å². The van der Waals surface area contributed by atoms with E-state index in [0.29, 0.717) is 12.6 Å². The minimum absolute atomic E-state index is 0.279. The lowest BCUT2D eigenvalue weighted by atomic mass is 10.2. The highest BCUT2D eigenvalue weighted by Crippen LogP contribution is 2.20. The van der Waals surface area contributed by atoms with Gasteiger partial charge < -0.3 is 16.0 Å². The van der Waals surface area contributed by atoms with E-state index in [1.807, 2.05) is 13.8 Å². The Bertz CT molecular complexity index is 374. The lowest BCUT2D eigenvalue weighted by Crippen LogP contribution is -2.38. The molecule has 122 valence electrons. The first kappa shape index (κ1) is 19.4. The molecule has 0 aliphatic rings. The number of nitrogens with two attached hydrogens (primary N) is 1. The third-order valence-electron chi connectivity index (χ3n) is 2.67. The summed E-state index contributed by atoms with van der Waals surface area (Å²) in [7, 11) is 0. The van der Waals surface area contributed by atoms with Crippen molar-refractivity contribution >= 4 is 11.6 Å². The van der Waals surface area contributed by atoms with Crippen LogP contribution in [0, 0.1) is 5.41 Å². The van der Waals surface area contributed by atoms with Crippen molar-refractivity contribution in [2.24, 2.45) is 5.73 Å². The number of hydrogen-bond acceptors (Lipinski definition) is 4. The predicted molar refractivity (Wildman–Crippen MR) is 76.1 cm³/mol. The molecule has 0 atom stereocenters. The number of nitrogens with zero attached hydrogens (tertiary/aromatic N) is 1. The van der Waals surface area contributed by atoms with Crippen LogP contribution >= 0.6 is 0 Å². The van der Waals surface area contributed by atoms with E-state index < -0.39 is 23.5 Å². The molecule has 4 N–H and O–H groups in total. The van der Waals surface area contributed by atoms with Crippen molar-refractivity contribution in [2.75, 3.05) is 26.2 Å². The minimum Gasteiger partial charge on any atom is -0.395 e. The summed E-state index contributed by atoms with van der Waals surface area (Å²) in [5, 5.41) is 9.68. The summed E-state index contributed by atoms with van der Waals surface area (Å²) >= 11 is 0. The summed E-state index contributed by atoms with van der Waals surface area (Å²) in [6, 6.07) is 0. The van der Waals surface area contributed by atoms with E-state index >= 15 is 0 Å². The third kappa shape index (κ3) is 8.34. The summed E-state index contributed by atoms with van der Waals surface area (Å²) in [6.07, 6.45) is -2.44. The van der Waals surface area contributed by atoms with E-state index in [9.17, 15) is 18.0 Å². The zero-order chi connectivity index (χ0) is 16.5. The van der Waals surface area contributed by atoms with Crippen LogP contribution in [0.25, 0.3) is 0 Å². The van der Waals surface area contributed by atoms with Gasteiger partial charge in [-0.05, 0) is 32.0 Å². The van der Waals surface area contributed by atoms with E-state index in [2.05, 4.69) is 10.2 Å². The molecule has 0 radical (unpaired) electrons. The molecule has 0 unspecified atom stereocenters. The molecule has 8 heteroatoms. The van der Waals surface area contributed by atoms with Gasteiger partial charge in [0, 0.05) is 13.1 Å². The lowest BCUT2D eigenvalue weighted by Gasteiger charge is -2.20. The van der Waals surface area contributed by atoms with Gasteiger partial charge in [-0.2, -0.15) is 13.2 Å². The van der Waals surface area contributed by atoms with Crippen molar-refractivity contribution < 1.29 is 18.0 Å². The van der Waals surface area contributed by atoms with Crippen LogP contribution in [-0.2, 0) is 4.79 Å². The lowest BCUT2D eigenvalue weighted by molar-refractivity contribution is -0.114. The maximum absolute atomic E-state index is 12.2. The molecule has 0 aliphatic heterocycles. The highest BCUT2D eigenvalue weighted by Gasteiger charge is 2.32. The number of amides is 1. The number of carbonyl (C=O) groups is 1. The number of halogens is 3. The molecule has 0 bridgehead atoms. The predicted octanol–water partition coefficient (Wildman–Crippen LogP) is 1.65. The van der Waals surface area contributed by atoms with Crippen molar-refractivity contribution in [3.8, 4) is 0 Å². The van der Waals surface area contributed by atoms with Crippen molar-refractivity contribution in [3.05, 3.63) is 11.8 Å². The first-order chi connectivity index (χ1) is 9.72. The first-order valence-corrected chi connectivity index (χ1v) is 6.85. The Morgan fingerprint density at radius 3 is 2.19 bits per heavy atom. The fraction of sp³-hybridized carbons (Fsp3) is 0.692. The van der Waals surface area contributed by atoms with Crippen molar-refractivity contribution in [3.63, 3.8) is 0 Å². The number of rotatable bonds is 9. The standard InChI is InChI=1S/C13H23F3N4O/c1-3-6-20(7-4-2)8-5-19-12(21)10(17)9-11(18)13(14,15)16/h9,17H,3-8,18H2,1-2H3,(H,19,21). The van der Waals surface area contributed by atoms with Crippen LogP contribution < -0.4 is 11.1 Å². The normalized spacial score (nSPS) is 12.6. The van der Waals surface area contributed by atoms with Crippen LogP contribution in [0.1, 0.15) is 26.7 Å². The second kappa shape index (κ2) is 9.38. The second-order valence-electron chi connectivity index (χ2n) is 4.61. The maximum Gasteiger partial charge on any atom is 0.430 e. The molecule has 21 heavy (non-hydrogen) atoms. The Balaban J connectivity index is 4.28. The molecule has 0 spiro atoms. The Morgan fingerprint density at radius 2 is 1.76 bits per heavy atom. The molecule has 0 heterocycles. The third-order valence-corrected chi connectivity index (χ3v) is 2.67. The average Bonchev–Trinajstić information content (AvgIpc) is 2.37. The molecule has 0 rings (SSSR count). The van der Waals surface area contributed by atoms with Crippen LogP contribution in [0.5, 0.6) is 0 Å². The monoisotopic (exact) mass is 308 g/mol. The summed E-state index contributed by atoms with van der Waals surface area (Å²) in [5.41, 5.74) is 2.49. The van der Waals surface area contributed by atoms with Gasteiger partial charge in [0.1, 0.15) is 11.4 Å². The smallest absolute Gasteiger partial charge is 0.395 e. The van der Waals surface area contributed by atoms with Crippen LogP contribution in [0.4, 0.5) is 13.2 Å². The fourth-order valence-corrected chi connectivity index (χ4v) is 1.69. The van der Waals surface area contributed by atoms with Gasteiger partial charge in [0.25, 0.3) is 5.91 Å². The van der Waals surface area contributed by atoms with Gasteiger partial charge in [0.05, 0.1) is 0 Å². The quantitative estimate of drug-likeness (QED) is 0.566. The SMILES string of the molecule is CCCN(CCC)CCNC(=O)C(=N)C=C(N)C(F)(F)F. The molecular formula is C13H23F3N4O. The molecule has 0 saturated heterocycles. The van der Waals surface area contributed by atoms with Gasteiger partial charge in [0.2, 0.25) is 0 Å². The van der Waals surface area contributed by atoms with Crippen molar-refractivity contribution in [1.82, 2.24) is 10.2 Å². The number of allylic oxidation sites excluding steroid dienone is 1. The molecule has 0 aromatic heterocycles. The number of hydrogen-bond donors (Lipinski definition) is 3. The fourth-order valence-electron chi connectivity index (χ4n) is 1.69. The number of nitrogens with one attached hydrogen (secondary N) is 2. The molecule has 5 nitrogen and oxygen atoms in total. The molecular weight excluding hydrogens is 285 g/mol. The number of alkyl halides is 3. The van der Waals surface area contributed by atoms with Gasteiger partial charge in [0.15, 0.2) is 0 Å². The van der Waals surface area contributed by atoms with Gasteiger partial charge >= 0.3 is 6.18 Å². The summed E-state index contributed by atoms with van der Waals surface area (Å²) in [4.78, 5) is 13.6. The van der Waals surface area contributed by atoms with Gasteiger partial charge in [-0.1, -0.05) is 13.8 Å². The largest absolute Gasteiger partial charge is 0.430 e. The van der Waals surface area contributed by atoms with Crippen LogP contribution in [0.15, 0.2) is 11.8 Å². The average molecular weight is 308 g/mol. The van der Waals surface area contributed by atoms with E-state index in [4.69, 9.17) is 11.1 Å². The molecule has 0 fully saturated rings. The first-order valence-electron chi connectivity index (χ1n) is 6.85. The molecule has 0 aromatic carbocycles. The van der Waals surface area contributed by atoms with E-state index in [0.717, 1.165) is 25.9 Å². The van der Waals surface area contributed by atoms with Crippen LogP contribution in [0.3, 0.4) is 0 Å². The Morgan fingerprint density at radius 1 is 1.24 bits per heavy atom. The Labute approximate surface area is 122 Å². The minimum atomic E-state index is -4.73. The molecule has 0 saturated carbocycles. The van der Waals surface area contributed by atoms with Crippen LogP contribution in [0.2, 0.25) is 0 Å². The highest BCUT2D eigenvalue weighted by atomic mass is 19.4. The summed E-state index contributed by atoms with van der Waals surface area (Å²) in [5.74, 6) is -0.866. The van der Waals surface area contributed by atoms with E-state index in [1.54, 1.807) is 0 Å². The zero-order valence-electron chi connectivity index (χ0n) is 12.4. The summed E-state index contributed by atoms with van der Waals surface area (Å²) < 4.78 is 36.5. The topological polar surface area (TPSA) is 82.2 Å². The second-order valence-corrected chi connectivity index (χ2v) is 4.61. The van der Waals surface area contributed by atoms with Crippen molar-refractivity contribution in [2.45, 2.75) is 32.9 Å².